The highest BCUT2D eigenvalue weighted by molar-refractivity contribution is 7.10. The summed E-state index contributed by atoms with van der Waals surface area (Å²) < 4.78 is 4.85. The summed E-state index contributed by atoms with van der Waals surface area (Å²) in [6.07, 6.45) is 0.947. The summed E-state index contributed by atoms with van der Waals surface area (Å²) >= 11 is 1.48. The van der Waals surface area contributed by atoms with E-state index in [1.165, 1.54) is 17.4 Å². The summed E-state index contributed by atoms with van der Waals surface area (Å²) in [4.78, 5) is 24.7. The van der Waals surface area contributed by atoms with E-state index >= 15 is 0 Å². The predicted molar refractivity (Wildman–Crippen MR) is 73.1 cm³/mol. The number of carbonyl (C=O) groups excluding carboxylic acids is 1. The van der Waals surface area contributed by atoms with Crippen molar-refractivity contribution in [3.8, 4) is 5.75 Å². The Morgan fingerprint density at radius 1 is 1.47 bits per heavy atom. The Kier molecular flexibility index (Phi) is 3.85. The van der Waals surface area contributed by atoms with Gasteiger partial charge < -0.3 is 9.52 Å². The molecule has 1 N–H and O–H groups in total. The normalized spacial score (nSPS) is 10.6. The van der Waals surface area contributed by atoms with Gasteiger partial charge in [-0.3, -0.25) is 4.79 Å². The maximum atomic E-state index is 12.1. The van der Waals surface area contributed by atoms with Gasteiger partial charge in [-0.1, -0.05) is 6.92 Å². The van der Waals surface area contributed by atoms with Crippen LogP contribution in [-0.2, 0) is 12.8 Å². The van der Waals surface area contributed by atoms with Crippen molar-refractivity contribution in [1.29, 1.82) is 0 Å². The predicted octanol–water partition coefficient (Wildman–Crippen LogP) is 2.70. The molecule has 2 aromatic rings. The zero-order valence-electron chi connectivity index (χ0n) is 10.7. The Bertz CT molecular complexity index is 666. The molecule has 0 amide bonds. The van der Waals surface area contributed by atoms with Gasteiger partial charge >= 0.3 is 5.63 Å². The molecule has 0 atom stereocenters. The van der Waals surface area contributed by atoms with Crippen LogP contribution in [0.2, 0.25) is 0 Å². The fourth-order valence-corrected chi connectivity index (χ4v) is 2.90. The number of ketones is 1. The van der Waals surface area contributed by atoms with Crippen molar-refractivity contribution in [3.05, 3.63) is 49.7 Å². The Labute approximate surface area is 114 Å². The topological polar surface area (TPSA) is 67.5 Å². The van der Waals surface area contributed by atoms with Crippen molar-refractivity contribution in [2.75, 3.05) is 0 Å². The first kappa shape index (κ1) is 13.5. The second-order valence-electron chi connectivity index (χ2n) is 4.23. The first-order chi connectivity index (χ1) is 9.02. The fraction of sp³-hybridized carbons (Fsp3) is 0.286. The van der Waals surface area contributed by atoms with Crippen LogP contribution in [0, 0.1) is 6.92 Å². The Hall–Kier alpha value is -1.88. The number of aryl methyl sites for hydroxylation is 2. The quantitative estimate of drug-likeness (QED) is 0.873. The number of hydrogen-bond acceptors (Lipinski definition) is 5. The van der Waals surface area contributed by atoms with E-state index in [2.05, 4.69) is 0 Å². The van der Waals surface area contributed by atoms with Crippen molar-refractivity contribution in [1.82, 2.24) is 0 Å². The fourth-order valence-electron chi connectivity index (χ4n) is 1.92. The molecule has 0 aliphatic rings. The van der Waals surface area contributed by atoms with Gasteiger partial charge in [-0.25, -0.2) is 4.79 Å². The van der Waals surface area contributed by atoms with E-state index in [-0.39, 0.29) is 23.5 Å². The Balaban J connectivity index is 2.34. The van der Waals surface area contributed by atoms with E-state index in [1.807, 2.05) is 18.4 Å². The lowest BCUT2D eigenvalue weighted by Gasteiger charge is -2.03. The molecular weight excluding hydrogens is 264 g/mol. The monoisotopic (exact) mass is 278 g/mol. The molecule has 0 aliphatic carbocycles. The van der Waals surface area contributed by atoms with Crippen molar-refractivity contribution < 1.29 is 14.3 Å². The zero-order valence-corrected chi connectivity index (χ0v) is 11.5. The number of thiophene rings is 1. The summed E-state index contributed by atoms with van der Waals surface area (Å²) in [5, 5.41) is 11.6. The lowest BCUT2D eigenvalue weighted by atomic mass is 10.1. The molecular formula is C14H14O4S. The van der Waals surface area contributed by atoms with E-state index in [9.17, 15) is 14.7 Å². The van der Waals surface area contributed by atoms with Crippen molar-refractivity contribution in [2.45, 2.75) is 26.7 Å². The maximum absolute atomic E-state index is 12.1. The van der Waals surface area contributed by atoms with Crippen LogP contribution < -0.4 is 5.63 Å². The summed E-state index contributed by atoms with van der Waals surface area (Å²) in [6.45, 7) is 3.55. The van der Waals surface area contributed by atoms with Gasteiger partial charge in [0.1, 0.15) is 17.1 Å². The van der Waals surface area contributed by atoms with Crippen molar-refractivity contribution in [2.24, 2.45) is 0 Å². The highest BCUT2D eigenvalue weighted by Gasteiger charge is 2.19. The molecule has 0 unspecified atom stereocenters. The molecule has 0 saturated carbocycles. The highest BCUT2D eigenvalue weighted by Crippen LogP contribution is 2.22. The van der Waals surface area contributed by atoms with E-state index in [0.29, 0.717) is 0 Å². The minimum absolute atomic E-state index is 0.113. The van der Waals surface area contributed by atoms with Gasteiger partial charge in [0.05, 0.1) is 0 Å². The van der Waals surface area contributed by atoms with Gasteiger partial charge in [0.2, 0.25) is 0 Å². The number of carbonyl (C=O) groups is 1. The van der Waals surface area contributed by atoms with Crippen molar-refractivity contribution in [3.63, 3.8) is 0 Å². The lowest BCUT2D eigenvalue weighted by Crippen LogP contribution is -2.16. The third-order valence-corrected chi connectivity index (χ3v) is 3.84. The van der Waals surface area contributed by atoms with E-state index < -0.39 is 11.4 Å². The average Bonchev–Trinajstić information content (AvgIpc) is 2.74. The van der Waals surface area contributed by atoms with Gasteiger partial charge in [-0.05, 0) is 30.4 Å². The average molecular weight is 278 g/mol. The smallest absolute Gasteiger partial charge is 0.350 e. The summed E-state index contributed by atoms with van der Waals surface area (Å²) in [6, 6.07) is 3.24. The molecule has 0 fully saturated rings. The van der Waals surface area contributed by atoms with E-state index in [0.717, 1.165) is 16.9 Å². The first-order valence-electron chi connectivity index (χ1n) is 5.95. The van der Waals surface area contributed by atoms with Crippen LogP contribution >= 0.6 is 11.3 Å². The zero-order chi connectivity index (χ0) is 14.0. The van der Waals surface area contributed by atoms with Crippen LogP contribution in [0.3, 0.4) is 0 Å². The van der Waals surface area contributed by atoms with Crippen LogP contribution in [-0.4, -0.2) is 10.9 Å². The molecule has 4 nitrogen and oxygen atoms in total. The SMILES string of the molecule is CCc1ccsc1CC(=O)c1c(O)cc(C)oc1=O. The summed E-state index contributed by atoms with van der Waals surface area (Å²) in [5.41, 5.74) is 0.0486. The molecule has 2 rings (SSSR count). The lowest BCUT2D eigenvalue weighted by molar-refractivity contribution is 0.0986. The molecule has 19 heavy (non-hydrogen) atoms. The third kappa shape index (κ3) is 2.76. The Morgan fingerprint density at radius 3 is 2.84 bits per heavy atom. The molecule has 2 aromatic heterocycles. The molecule has 0 spiro atoms. The molecule has 2 heterocycles. The van der Waals surface area contributed by atoms with Gasteiger partial charge in [-0.2, -0.15) is 0 Å². The van der Waals surface area contributed by atoms with Gasteiger partial charge in [0.15, 0.2) is 5.78 Å². The largest absolute Gasteiger partial charge is 0.507 e. The van der Waals surface area contributed by atoms with Crippen LogP contribution in [0.1, 0.15) is 33.5 Å². The first-order valence-corrected chi connectivity index (χ1v) is 6.83. The number of Topliss-reactive ketones (excluding diaryl/α,β-unsaturated/α-hetero) is 1. The molecule has 0 saturated heterocycles. The maximum Gasteiger partial charge on any atom is 0.350 e. The number of rotatable bonds is 4. The van der Waals surface area contributed by atoms with Gasteiger partial charge in [-0.15, -0.1) is 11.3 Å². The second-order valence-corrected chi connectivity index (χ2v) is 5.23. The molecule has 0 aromatic carbocycles. The number of hydrogen-bond donors (Lipinski definition) is 1. The number of aromatic hydroxyl groups is 1. The van der Waals surface area contributed by atoms with Gasteiger partial charge in [0, 0.05) is 17.4 Å². The molecule has 0 radical (unpaired) electrons. The molecule has 100 valence electrons. The van der Waals surface area contributed by atoms with Crippen LogP contribution in [0.15, 0.2) is 26.7 Å². The second kappa shape index (κ2) is 5.40. The van der Waals surface area contributed by atoms with Crippen molar-refractivity contribution >= 4 is 17.1 Å². The standard InChI is InChI=1S/C14H14O4S/c1-3-9-4-5-19-12(9)7-11(16)13-10(15)6-8(2)18-14(13)17/h4-6,15H,3,7H2,1-2H3. The summed E-state index contributed by atoms with van der Waals surface area (Å²) in [5.74, 6) is -0.443. The van der Waals surface area contributed by atoms with Crippen LogP contribution in [0.4, 0.5) is 0 Å². The third-order valence-electron chi connectivity index (χ3n) is 2.87. The molecule has 0 bridgehead atoms. The highest BCUT2D eigenvalue weighted by atomic mass is 32.1. The molecule has 0 aliphatic heterocycles. The molecule has 5 heteroatoms. The minimum Gasteiger partial charge on any atom is -0.507 e. The summed E-state index contributed by atoms with van der Waals surface area (Å²) in [7, 11) is 0. The van der Waals surface area contributed by atoms with E-state index in [1.54, 1.807) is 6.92 Å². The minimum atomic E-state index is -0.780. The van der Waals surface area contributed by atoms with E-state index in [4.69, 9.17) is 4.42 Å². The van der Waals surface area contributed by atoms with Gasteiger partial charge in [0.25, 0.3) is 0 Å². The van der Waals surface area contributed by atoms with Crippen LogP contribution in [0.25, 0.3) is 0 Å². The van der Waals surface area contributed by atoms with Crippen LogP contribution in [0.5, 0.6) is 5.75 Å². The Morgan fingerprint density at radius 2 is 2.21 bits per heavy atom.